The Hall–Kier alpha value is -3.56. The van der Waals surface area contributed by atoms with E-state index in [4.69, 9.17) is 21.1 Å². The number of aryl methyl sites for hydroxylation is 2. The Morgan fingerprint density at radius 3 is 2.42 bits per heavy atom. The number of hydrogen-bond donors (Lipinski definition) is 1. The van der Waals surface area contributed by atoms with Crippen molar-refractivity contribution in [3.63, 3.8) is 0 Å². The Balaban J connectivity index is 1.82. The molecule has 202 valence electrons. The molecular formula is C28H32ClN3O5S. The van der Waals surface area contributed by atoms with Crippen LogP contribution in [0.2, 0.25) is 5.02 Å². The quantitative estimate of drug-likeness (QED) is 0.234. The number of carbonyl (C=O) groups is 1. The largest absolute Gasteiger partial charge is 0.490 e. The van der Waals surface area contributed by atoms with Gasteiger partial charge in [0.25, 0.3) is 15.9 Å². The van der Waals surface area contributed by atoms with Crippen LogP contribution in [0, 0.1) is 13.8 Å². The van der Waals surface area contributed by atoms with Gasteiger partial charge in [-0.2, -0.15) is 5.10 Å². The summed E-state index contributed by atoms with van der Waals surface area (Å²) in [6.45, 7) is 8.05. The molecule has 0 radical (unpaired) electrons. The standard InChI is InChI=1S/C28H32ClN3O5S/c1-5-15-37-26-14-10-22(16-27(26)36-6-2)18-30-31-28(33)19-32(25-17-23(29)11-9-21(25)4)38(34,35)24-12-7-20(3)8-13-24/h7-14,16-18H,5-6,15,19H2,1-4H3,(H,31,33)/b30-18-. The molecule has 0 spiro atoms. The van der Waals surface area contributed by atoms with Crippen LogP contribution in [0.5, 0.6) is 11.5 Å². The predicted octanol–water partition coefficient (Wildman–Crippen LogP) is 5.49. The van der Waals surface area contributed by atoms with E-state index in [1.165, 1.54) is 24.4 Å². The Bertz CT molecular complexity index is 1390. The molecule has 3 aromatic rings. The lowest BCUT2D eigenvalue weighted by Gasteiger charge is -2.25. The van der Waals surface area contributed by atoms with Crippen molar-refractivity contribution in [1.29, 1.82) is 0 Å². The van der Waals surface area contributed by atoms with Crippen molar-refractivity contribution < 1.29 is 22.7 Å². The van der Waals surface area contributed by atoms with Gasteiger partial charge < -0.3 is 9.47 Å². The molecule has 3 rings (SSSR count). The third-order valence-corrected chi connectivity index (χ3v) is 7.48. The van der Waals surface area contributed by atoms with E-state index in [1.807, 2.05) is 20.8 Å². The number of hydrazone groups is 1. The lowest BCUT2D eigenvalue weighted by molar-refractivity contribution is -0.119. The maximum Gasteiger partial charge on any atom is 0.264 e. The van der Waals surface area contributed by atoms with Crippen molar-refractivity contribution in [3.05, 3.63) is 82.4 Å². The third-order valence-electron chi connectivity index (χ3n) is 5.47. The maximum atomic E-state index is 13.6. The topological polar surface area (TPSA) is 97.3 Å². The summed E-state index contributed by atoms with van der Waals surface area (Å²) >= 11 is 6.18. The third kappa shape index (κ3) is 7.49. The molecule has 0 aromatic heterocycles. The number of nitrogens with one attached hydrogen (secondary N) is 1. The lowest BCUT2D eigenvalue weighted by atomic mass is 10.2. The average Bonchev–Trinajstić information content (AvgIpc) is 2.89. The summed E-state index contributed by atoms with van der Waals surface area (Å²) in [5.41, 5.74) is 4.96. The van der Waals surface area contributed by atoms with Gasteiger partial charge in [0.1, 0.15) is 6.54 Å². The Kier molecular flexibility index (Phi) is 10.2. The minimum absolute atomic E-state index is 0.0626. The van der Waals surface area contributed by atoms with Crippen molar-refractivity contribution >= 4 is 39.4 Å². The van der Waals surface area contributed by atoms with Gasteiger partial charge in [-0.25, -0.2) is 13.8 Å². The summed E-state index contributed by atoms with van der Waals surface area (Å²) in [4.78, 5) is 12.9. The van der Waals surface area contributed by atoms with Crippen molar-refractivity contribution in [1.82, 2.24) is 5.43 Å². The number of ether oxygens (including phenoxy) is 2. The summed E-state index contributed by atoms with van der Waals surface area (Å²) in [7, 11) is -4.08. The predicted molar refractivity (Wildman–Crippen MR) is 151 cm³/mol. The molecular weight excluding hydrogens is 526 g/mol. The fourth-order valence-corrected chi connectivity index (χ4v) is 5.18. The second-order valence-corrected chi connectivity index (χ2v) is 10.8. The monoisotopic (exact) mass is 557 g/mol. The molecule has 0 aliphatic carbocycles. The SMILES string of the molecule is CCCOc1ccc(/C=N\NC(=O)CN(c2cc(Cl)ccc2C)S(=O)(=O)c2ccc(C)cc2)cc1OCC. The minimum Gasteiger partial charge on any atom is -0.490 e. The lowest BCUT2D eigenvalue weighted by Crippen LogP contribution is -2.40. The second kappa shape index (κ2) is 13.3. The molecule has 0 heterocycles. The molecule has 0 aliphatic rings. The van der Waals surface area contributed by atoms with Crippen molar-refractivity contribution in [2.75, 3.05) is 24.1 Å². The van der Waals surface area contributed by atoms with Gasteiger partial charge in [0.2, 0.25) is 0 Å². The van der Waals surface area contributed by atoms with Crippen molar-refractivity contribution in [2.45, 2.75) is 39.0 Å². The number of halogens is 1. The van der Waals surface area contributed by atoms with Crippen LogP contribution in [-0.2, 0) is 14.8 Å². The van der Waals surface area contributed by atoms with Gasteiger partial charge in [0.15, 0.2) is 11.5 Å². The summed E-state index contributed by atoms with van der Waals surface area (Å²) in [5, 5.41) is 4.37. The molecule has 0 saturated carbocycles. The highest BCUT2D eigenvalue weighted by molar-refractivity contribution is 7.92. The molecule has 0 unspecified atom stereocenters. The van der Waals surface area contributed by atoms with E-state index in [-0.39, 0.29) is 4.90 Å². The van der Waals surface area contributed by atoms with E-state index in [2.05, 4.69) is 10.5 Å². The number of sulfonamides is 1. The van der Waals surface area contributed by atoms with Crippen LogP contribution in [0.15, 0.2) is 70.7 Å². The van der Waals surface area contributed by atoms with Crippen LogP contribution in [0.1, 0.15) is 37.0 Å². The summed E-state index contributed by atoms with van der Waals surface area (Å²) in [5.74, 6) is 0.580. The van der Waals surface area contributed by atoms with E-state index in [0.717, 1.165) is 16.3 Å². The number of amides is 1. The van der Waals surface area contributed by atoms with Gasteiger partial charge in [0.05, 0.1) is 30.0 Å². The average molecular weight is 558 g/mol. The van der Waals surface area contributed by atoms with Crippen LogP contribution < -0.4 is 19.2 Å². The fraction of sp³-hybridized carbons (Fsp3) is 0.286. The Morgan fingerprint density at radius 1 is 1.00 bits per heavy atom. The van der Waals surface area contributed by atoms with Crippen molar-refractivity contribution in [3.8, 4) is 11.5 Å². The zero-order valence-electron chi connectivity index (χ0n) is 21.9. The number of rotatable bonds is 12. The number of hydrogen-bond acceptors (Lipinski definition) is 6. The van der Waals surface area contributed by atoms with Gasteiger partial charge in [-0.15, -0.1) is 0 Å². The van der Waals surface area contributed by atoms with E-state index < -0.39 is 22.5 Å². The molecule has 1 N–H and O–H groups in total. The number of benzene rings is 3. The molecule has 0 fully saturated rings. The smallest absolute Gasteiger partial charge is 0.264 e. The van der Waals surface area contributed by atoms with Crippen LogP contribution in [0.4, 0.5) is 5.69 Å². The molecule has 1 amide bonds. The first-order valence-corrected chi connectivity index (χ1v) is 14.0. The van der Waals surface area contributed by atoms with Gasteiger partial charge >= 0.3 is 0 Å². The van der Waals surface area contributed by atoms with Gasteiger partial charge in [0, 0.05) is 5.02 Å². The van der Waals surface area contributed by atoms with E-state index >= 15 is 0 Å². The number of nitrogens with zero attached hydrogens (tertiary/aromatic N) is 2. The second-order valence-electron chi connectivity index (χ2n) is 8.54. The fourth-order valence-electron chi connectivity index (χ4n) is 3.54. The first-order valence-electron chi connectivity index (χ1n) is 12.2. The Morgan fingerprint density at radius 2 is 1.74 bits per heavy atom. The zero-order valence-corrected chi connectivity index (χ0v) is 23.5. The molecule has 0 aliphatic heterocycles. The summed E-state index contributed by atoms with van der Waals surface area (Å²) in [6, 6.07) is 16.6. The molecule has 0 atom stereocenters. The first kappa shape index (κ1) is 29.0. The van der Waals surface area contributed by atoms with Crippen molar-refractivity contribution in [2.24, 2.45) is 5.10 Å². The van der Waals surface area contributed by atoms with Gasteiger partial charge in [-0.05, 0) is 80.8 Å². The van der Waals surface area contributed by atoms with Gasteiger partial charge in [-0.3, -0.25) is 9.10 Å². The minimum atomic E-state index is -4.08. The molecule has 10 heteroatoms. The first-order chi connectivity index (χ1) is 18.1. The van der Waals surface area contributed by atoms with E-state index in [1.54, 1.807) is 49.4 Å². The number of carbonyl (C=O) groups excluding carboxylic acids is 1. The summed E-state index contributed by atoms with van der Waals surface area (Å²) in [6.07, 6.45) is 2.32. The van der Waals surface area contributed by atoms with E-state index in [9.17, 15) is 13.2 Å². The van der Waals surface area contributed by atoms with Crippen LogP contribution >= 0.6 is 11.6 Å². The van der Waals surface area contributed by atoms with Gasteiger partial charge in [-0.1, -0.05) is 42.3 Å². The molecule has 38 heavy (non-hydrogen) atoms. The van der Waals surface area contributed by atoms with Crippen LogP contribution in [0.25, 0.3) is 0 Å². The summed E-state index contributed by atoms with van der Waals surface area (Å²) < 4.78 is 39.6. The molecule has 3 aromatic carbocycles. The van der Waals surface area contributed by atoms with E-state index in [0.29, 0.717) is 46.5 Å². The number of anilines is 1. The zero-order chi connectivity index (χ0) is 27.7. The highest BCUT2D eigenvalue weighted by Gasteiger charge is 2.28. The molecule has 0 saturated heterocycles. The normalized spacial score (nSPS) is 11.4. The van der Waals surface area contributed by atoms with Crippen LogP contribution in [-0.4, -0.2) is 40.3 Å². The van der Waals surface area contributed by atoms with Crippen LogP contribution in [0.3, 0.4) is 0 Å². The molecule has 0 bridgehead atoms. The molecule has 8 nitrogen and oxygen atoms in total. The maximum absolute atomic E-state index is 13.6. The Labute approximate surface area is 229 Å². The highest BCUT2D eigenvalue weighted by Crippen LogP contribution is 2.30. The highest BCUT2D eigenvalue weighted by atomic mass is 35.5.